The molecule has 0 fully saturated rings. The van der Waals surface area contributed by atoms with Crippen molar-refractivity contribution in [3.05, 3.63) is 30.7 Å². The van der Waals surface area contributed by atoms with E-state index in [1.54, 1.807) is 17.5 Å². The van der Waals surface area contributed by atoms with Gasteiger partial charge in [0.15, 0.2) is 0 Å². The number of anilines is 1. The highest BCUT2D eigenvalue weighted by molar-refractivity contribution is 7.20. The number of fused-ring (bicyclic) bond motifs is 1. The zero-order valence-electron chi connectivity index (χ0n) is 14.0. The summed E-state index contributed by atoms with van der Waals surface area (Å²) in [5, 5.41) is 8.99. The van der Waals surface area contributed by atoms with Crippen LogP contribution in [0.4, 0.5) is 5.13 Å². The fourth-order valence-corrected chi connectivity index (χ4v) is 3.66. The summed E-state index contributed by atoms with van der Waals surface area (Å²) >= 11 is 1.59. The maximum absolute atomic E-state index is 4.64. The molecule has 1 N–H and O–H groups in total. The lowest BCUT2D eigenvalue weighted by atomic mass is 9.86. The highest BCUT2D eigenvalue weighted by Crippen LogP contribution is 2.26. The molecule has 23 heavy (non-hydrogen) atoms. The van der Waals surface area contributed by atoms with E-state index in [0.29, 0.717) is 17.8 Å². The Morgan fingerprint density at radius 2 is 2.00 bits per heavy atom. The Balaban J connectivity index is 1.73. The van der Waals surface area contributed by atoms with Crippen LogP contribution in [0, 0.1) is 17.8 Å². The summed E-state index contributed by atoms with van der Waals surface area (Å²) in [4.78, 5) is 9.68. The first-order valence-corrected chi connectivity index (χ1v) is 8.86. The van der Waals surface area contributed by atoms with Gasteiger partial charge in [0.25, 0.3) is 0 Å². The molecule has 3 aromatic rings. The van der Waals surface area contributed by atoms with Gasteiger partial charge in [0.2, 0.25) is 10.1 Å². The van der Waals surface area contributed by atoms with Crippen LogP contribution in [-0.4, -0.2) is 26.1 Å². The first-order valence-electron chi connectivity index (χ1n) is 8.05. The number of rotatable bonds is 6. The summed E-state index contributed by atoms with van der Waals surface area (Å²) < 4.78 is 1.84. The average Bonchev–Trinajstić information content (AvgIpc) is 3.06. The normalized spacial score (nSPS) is 12.0. The van der Waals surface area contributed by atoms with Crippen molar-refractivity contribution in [2.75, 3.05) is 11.9 Å². The maximum Gasteiger partial charge on any atom is 0.214 e. The summed E-state index contributed by atoms with van der Waals surface area (Å²) in [5.41, 5.74) is 1.92. The second kappa shape index (κ2) is 6.66. The van der Waals surface area contributed by atoms with Crippen LogP contribution in [0.15, 0.2) is 30.7 Å². The lowest BCUT2D eigenvalue weighted by Crippen LogP contribution is -2.24. The number of aromatic nitrogens is 4. The lowest BCUT2D eigenvalue weighted by molar-refractivity contribution is 0.304. The first-order chi connectivity index (χ1) is 11.0. The second-order valence-electron chi connectivity index (χ2n) is 6.53. The van der Waals surface area contributed by atoms with Crippen LogP contribution >= 0.6 is 11.3 Å². The molecule has 0 aliphatic carbocycles. The topological polar surface area (TPSA) is 55.1 Å². The molecular weight excluding hydrogens is 306 g/mol. The van der Waals surface area contributed by atoms with Gasteiger partial charge in [0.05, 0.1) is 11.9 Å². The molecular formula is C17H23N5S. The van der Waals surface area contributed by atoms with Gasteiger partial charge in [-0.1, -0.05) is 39.0 Å². The van der Waals surface area contributed by atoms with E-state index < -0.39 is 0 Å². The molecule has 0 saturated carbocycles. The molecule has 0 radical (unpaired) electrons. The molecule has 0 bridgehead atoms. The Morgan fingerprint density at radius 3 is 2.61 bits per heavy atom. The van der Waals surface area contributed by atoms with Gasteiger partial charge < -0.3 is 5.32 Å². The maximum atomic E-state index is 4.64. The zero-order valence-corrected chi connectivity index (χ0v) is 14.8. The molecule has 122 valence electrons. The second-order valence-corrected chi connectivity index (χ2v) is 7.49. The highest BCUT2D eigenvalue weighted by Gasteiger charge is 2.18. The van der Waals surface area contributed by atoms with Crippen molar-refractivity contribution < 1.29 is 0 Å². The fraction of sp³-hybridized carbons (Fsp3) is 0.471. The molecule has 0 unspecified atom stereocenters. The van der Waals surface area contributed by atoms with Gasteiger partial charge in [-0.3, -0.25) is 4.98 Å². The summed E-state index contributed by atoms with van der Waals surface area (Å²) in [6.07, 6.45) is 5.54. The molecule has 0 spiro atoms. The third-order valence-electron chi connectivity index (χ3n) is 4.20. The number of hydrogen-bond acceptors (Lipinski definition) is 5. The number of hydrogen-bond donors (Lipinski definition) is 1. The van der Waals surface area contributed by atoms with Crippen molar-refractivity contribution in [1.82, 2.24) is 19.6 Å². The Labute approximate surface area is 140 Å². The molecule has 3 heterocycles. The molecule has 0 amide bonds. The minimum absolute atomic E-state index is 0.636. The number of nitrogens with one attached hydrogen (secondary N) is 1. The van der Waals surface area contributed by atoms with Gasteiger partial charge >= 0.3 is 0 Å². The van der Waals surface area contributed by atoms with Gasteiger partial charge in [-0.2, -0.15) is 0 Å². The first kappa shape index (κ1) is 15.9. The largest absolute Gasteiger partial charge is 0.360 e. The number of imidazole rings is 1. The van der Waals surface area contributed by atoms with Crippen molar-refractivity contribution >= 4 is 21.4 Å². The van der Waals surface area contributed by atoms with Crippen LogP contribution in [0.2, 0.25) is 0 Å². The summed E-state index contributed by atoms with van der Waals surface area (Å²) in [5.74, 6) is 1.95. The molecule has 0 aromatic carbocycles. The van der Waals surface area contributed by atoms with Gasteiger partial charge in [-0.15, -0.1) is 5.10 Å². The molecule has 3 rings (SSSR count). The van der Waals surface area contributed by atoms with E-state index in [2.05, 4.69) is 48.1 Å². The molecule has 0 aliphatic rings. The van der Waals surface area contributed by atoms with E-state index in [9.17, 15) is 0 Å². The van der Waals surface area contributed by atoms with Crippen LogP contribution in [0.3, 0.4) is 0 Å². The van der Waals surface area contributed by atoms with Gasteiger partial charge in [0, 0.05) is 24.5 Å². The minimum Gasteiger partial charge on any atom is -0.360 e. The van der Waals surface area contributed by atoms with E-state index in [1.807, 2.05) is 29.0 Å². The number of pyridine rings is 1. The van der Waals surface area contributed by atoms with Gasteiger partial charge in [-0.05, 0) is 29.9 Å². The lowest BCUT2D eigenvalue weighted by Gasteiger charge is -2.24. The van der Waals surface area contributed by atoms with Crippen LogP contribution in [0.25, 0.3) is 16.2 Å². The molecule has 5 nitrogen and oxygen atoms in total. The Hall–Kier alpha value is -1.95. The van der Waals surface area contributed by atoms with E-state index in [0.717, 1.165) is 27.9 Å². The van der Waals surface area contributed by atoms with Crippen LogP contribution in [-0.2, 0) is 0 Å². The quantitative estimate of drug-likeness (QED) is 0.736. The van der Waals surface area contributed by atoms with Crippen molar-refractivity contribution in [3.8, 4) is 11.3 Å². The fourth-order valence-electron chi connectivity index (χ4n) is 2.87. The third-order valence-corrected chi connectivity index (χ3v) is 5.08. The zero-order chi connectivity index (χ0) is 16.4. The third kappa shape index (κ3) is 3.52. The highest BCUT2D eigenvalue weighted by atomic mass is 32.1. The van der Waals surface area contributed by atoms with Crippen molar-refractivity contribution in [2.45, 2.75) is 27.7 Å². The Kier molecular flexibility index (Phi) is 4.61. The predicted molar refractivity (Wildman–Crippen MR) is 95.8 cm³/mol. The summed E-state index contributed by atoms with van der Waals surface area (Å²) in [6, 6.07) is 3.93. The number of nitrogens with zero attached hydrogens (tertiary/aromatic N) is 4. The monoisotopic (exact) mass is 329 g/mol. The molecule has 0 atom stereocenters. The van der Waals surface area contributed by atoms with E-state index in [4.69, 9.17) is 0 Å². The average molecular weight is 329 g/mol. The minimum atomic E-state index is 0.636. The molecule has 0 saturated heterocycles. The van der Waals surface area contributed by atoms with E-state index >= 15 is 0 Å². The summed E-state index contributed by atoms with van der Waals surface area (Å²) in [6.45, 7) is 10.1. The predicted octanol–water partition coefficient (Wildman–Crippen LogP) is 4.19. The van der Waals surface area contributed by atoms with Crippen LogP contribution < -0.4 is 5.32 Å². The van der Waals surface area contributed by atoms with E-state index in [-0.39, 0.29) is 0 Å². The SMILES string of the molecule is CC(C)C(CNc1nn2cc(-c3cccnc3)nc2s1)C(C)C. The Bertz CT molecular complexity index is 720. The molecule has 6 heteroatoms. The molecule has 0 aliphatic heterocycles. The van der Waals surface area contributed by atoms with Gasteiger partial charge in [-0.25, -0.2) is 9.50 Å². The molecule has 3 aromatic heterocycles. The van der Waals surface area contributed by atoms with Gasteiger partial charge in [0.1, 0.15) is 0 Å². The Morgan fingerprint density at radius 1 is 1.22 bits per heavy atom. The standard InChI is InChI=1S/C17H23N5S/c1-11(2)14(12(3)4)9-19-16-21-22-10-15(20-17(22)23-16)13-6-5-7-18-8-13/h5-8,10-12,14H,9H2,1-4H3,(H,19,21). The van der Waals surface area contributed by atoms with E-state index in [1.165, 1.54) is 0 Å². The van der Waals surface area contributed by atoms with Crippen molar-refractivity contribution in [3.63, 3.8) is 0 Å². The van der Waals surface area contributed by atoms with Crippen molar-refractivity contribution in [2.24, 2.45) is 17.8 Å². The van der Waals surface area contributed by atoms with Crippen LogP contribution in [0.5, 0.6) is 0 Å². The van der Waals surface area contributed by atoms with Crippen LogP contribution in [0.1, 0.15) is 27.7 Å². The van der Waals surface area contributed by atoms with Crippen molar-refractivity contribution in [1.29, 1.82) is 0 Å². The smallest absolute Gasteiger partial charge is 0.214 e. The summed E-state index contributed by atoms with van der Waals surface area (Å²) in [7, 11) is 0.